The summed E-state index contributed by atoms with van der Waals surface area (Å²) in [6, 6.07) is 9.74. The van der Waals surface area contributed by atoms with Crippen LogP contribution in [-0.2, 0) is 30.4 Å². The number of carboxylic acids is 1. The molecule has 158 valence electrons. The summed E-state index contributed by atoms with van der Waals surface area (Å²) < 4.78 is 17.1. The molecule has 0 radical (unpaired) electrons. The van der Waals surface area contributed by atoms with Crippen LogP contribution < -0.4 is 0 Å². The van der Waals surface area contributed by atoms with Crippen LogP contribution >= 0.6 is 0 Å². The second-order valence-corrected chi connectivity index (χ2v) is 7.99. The third-order valence-corrected chi connectivity index (χ3v) is 4.79. The van der Waals surface area contributed by atoms with Gasteiger partial charge in [-0.15, -0.1) is 0 Å². The fraction of sp³-hybridized carbons (Fsp3) is 0.565. The van der Waals surface area contributed by atoms with Gasteiger partial charge in [-0.3, -0.25) is 4.79 Å². The molecule has 1 saturated heterocycles. The topological polar surface area (TPSA) is 82.1 Å². The molecule has 0 spiro atoms. The molecule has 0 amide bonds. The molecule has 1 aromatic rings. The quantitative estimate of drug-likeness (QED) is 0.498. The molecule has 0 aromatic heterocycles. The van der Waals surface area contributed by atoms with Gasteiger partial charge in [-0.2, -0.15) is 0 Å². The number of benzene rings is 1. The van der Waals surface area contributed by atoms with Crippen molar-refractivity contribution in [3.05, 3.63) is 35.9 Å². The van der Waals surface area contributed by atoms with E-state index in [0.717, 1.165) is 18.4 Å². The fourth-order valence-electron chi connectivity index (χ4n) is 3.14. The molecule has 2 rings (SSSR count). The number of cyclic esters (lactones) is 1. The first-order valence-corrected chi connectivity index (χ1v) is 9.96. The second-order valence-electron chi connectivity index (χ2n) is 7.99. The third kappa shape index (κ3) is 6.59. The Kier molecular flexibility index (Phi) is 7.83. The molecule has 1 fully saturated rings. The lowest BCUT2D eigenvalue weighted by Crippen LogP contribution is -2.39. The highest BCUT2D eigenvalue weighted by Gasteiger charge is 2.52. The van der Waals surface area contributed by atoms with Crippen LogP contribution in [0.5, 0.6) is 0 Å². The van der Waals surface area contributed by atoms with Crippen LogP contribution in [0.1, 0.15) is 58.9 Å². The largest absolute Gasteiger partial charge is 0.481 e. The standard InChI is InChI=1S/C23H30O6/c1-5-10-17(2)20-28-21(26)23(29-20,15-19(24)25)14-9-13-22(3,4)27-16-18-11-7-6-8-12-18/h6-8,11-12,17,20H,5,10,14-16H2,1-4H3,(H,24,25)/t17-,20-,23+/m0/s1. The molecule has 0 bridgehead atoms. The van der Waals surface area contributed by atoms with Crippen LogP contribution in [0.4, 0.5) is 0 Å². The molecular formula is C23H30O6. The summed E-state index contributed by atoms with van der Waals surface area (Å²) in [5, 5.41) is 9.29. The summed E-state index contributed by atoms with van der Waals surface area (Å²) in [4.78, 5) is 23.9. The van der Waals surface area contributed by atoms with Crippen molar-refractivity contribution in [3.63, 3.8) is 0 Å². The highest BCUT2D eigenvalue weighted by Crippen LogP contribution is 2.35. The summed E-state index contributed by atoms with van der Waals surface area (Å²) in [6.45, 7) is 8.00. The summed E-state index contributed by atoms with van der Waals surface area (Å²) in [6.07, 6.45) is 0.433. The number of carboxylic acid groups (broad SMARTS) is 1. The van der Waals surface area contributed by atoms with Crippen molar-refractivity contribution in [3.8, 4) is 11.8 Å². The van der Waals surface area contributed by atoms with E-state index < -0.39 is 35.9 Å². The molecule has 1 aliphatic heterocycles. The van der Waals surface area contributed by atoms with Crippen molar-refractivity contribution in [2.24, 2.45) is 5.92 Å². The van der Waals surface area contributed by atoms with Gasteiger partial charge in [0.2, 0.25) is 6.29 Å². The van der Waals surface area contributed by atoms with E-state index in [-0.39, 0.29) is 12.3 Å². The van der Waals surface area contributed by atoms with Crippen molar-refractivity contribution < 1.29 is 28.9 Å². The minimum atomic E-state index is -1.58. The van der Waals surface area contributed by atoms with E-state index in [2.05, 4.69) is 11.8 Å². The normalized spacial score (nSPS) is 22.5. The molecule has 6 nitrogen and oxygen atoms in total. The van der Waals surface area contributed by atoms with E-state index in [1.54, 1.807) is 0 Å². The average molecular weight is 402 g/mol. The zero-order valence-corrected chi connectivity index (χ0v) is 17.6. The van der Waals surface area contributed by atoms with Crippen LogP contribution in [0.15, 0.2) is 30.3 Å². The van der Waals surface area contributed by atoms with E-state index >= 15 is 0 Å². The van der Waals surface area contributed by atoms with E-state index in [1.807, 2.05) is 58.0 Å². The average Bonchev–Trinajstić information content (AvgIpc) is 2.97. The van der Waals surface area contributed by atoms with E-state index in [0.29, 0.717) is 6.61 Å². The first kappa shape index (κ1) is 22.9. The SMILES string of the molecule is CCC[C@H](C)[C@H]1OC(=O)[C@@](CC#CC(C)(C)OCc2ccccc2)(CC(=O)O)O1. The molecule has 1 aliphatic rings. The number of rotatable bonds is 9. The molecule has 29 heavy (non-hydrogen) atoms. The fourth-order valence-corrected chi connectivity index (χ4v) is 3.14. The number of esters is 1. The van der Waals surface area contributed by atoms with Crippen molar-refractivity contribution in [1.29, 1.82) is 0 Å². The smallest absolute Gasteiger partial charge is 0.342 e. The van der Waals surface area contributed by atoms with E-state index in [9.17, 15) is 14.7 Å². The lowest BCUT2D eigenvalue weighted by atomic mass is 9.95. The van der Waals surface area contributed by atoms with Crippen molar-refractivity contribution in [1.82, 2.24) is 0 Å². The Bertz CT molecular complexity index is 761. The highest BCUT2D eigenvalue weighted by atomic mass is 16.8. The number of hydrogen-bond donors (Lipinski definition) is 1. The summed E-state index contributed by atoms with van der Waals surface area (Å²) >= 11 is 0. The third-order valence-electron chi connectivity index (χ3n) is 4.79. The monoisotopic (exact) mass is 402 g/mol. The zero-order valence-electron chi connectivity index (χ0n) is 17.6. The Morgan fingerprint density at radius 2 is 2.03 bits per heavy atom. The molecule has 1 aromatic carbocycles. The van der Waals surface area contributed by atoms with Crippen LogP contribution in [0.3, 0.4) is 0 Å². The lowest BCUT2D eigenvalue weighted by Gasteiger charge is -2.23. The highest BCUT2D eigenvalue weighted by molar-refractivity contribution is 5.87. The number of hydrogen-bond acceptors (Lipinski definition) is 5. The Hall–Kier alpha value is -2.36. The molecular weight excluding hydrogens is 372 g/mol. The van der Waals surface area contributed by atoms with Gasteiger partial charge in [0.05, 0.1) is 13.0 Å². The molecule has 0 saturated carbocycles. The Balaban J connectivity index is 2.07. The maximum atomic E-state index is 12.5. The Labute approximate surface area is 172 Å². The van der Waals surface area contributed by atoms with E-state index in [4.69, 9.17) is 14.2 Å². The van der Waals surface area contributed by atoms with Crippen LogP contribution in [0, 0.1) is 17.8 Å². The molecule has 3 atom stereocenters. The Morgan fingerprint density at radius 3 is 2.66 bits per heavy atom. The minimum Gasteiger partial charge on any atom is -0.481 e. The summed E-state index contributed by atoms with van der Waals surface area (Å²) in [5.74, 6) is 4.09. The molecule has 0 aliphatic carbocycles. The van der Waals surface area contributed by atoms with Gasteiger partial charge in [-0.05, 0) is 25.8 Å². The van der Waals surface area contributed by atoms with Gasteiger partial charge in [-0.25, -0.2) is 4.79 Å². The maximum absolute atomic E-state index is 12.5. The molecule has 1 heterocycles. The number of aliphatic carboxylic acids is 1. The second kappa shape index (κ2) is 9.91. The maximum Gasteiger partial charge on any atom is 0.342 e. The van der Waals surface area contributed by atoms with Gasteiger partial charge in [0.15, 0.2) is 5.60 Å². The first-order chi connectivity index (χ1) is 13.7. The van der Waals surface area contributed by atoms with Gasteiger partial charge < -0.3 is 19.3 Å². The summed E-state index contributed by atoms with van der Waals surface area (Å²) in [5.41, 5.74) is -1.32. The lowest BCUT2D eigenvalue weighted by molar-refractivity contribution is -0.152. The Morgan fingerprint density at radius 1 is 1.34 bits per heavy atom. The van der Waals surface area contributed by atoms with Crippen molar-refractivity contribution in [2.75, 3.05) is 0 Å². The van der Waals surface area contributed by atoms with Gasteiger partial charge in [0.1, 0.15) is 5.60 Å². The predicted molar refractivity (Wildman–Crippen MR) is 108 cm³/mol. The molecule has 6 heteroatoms. The summed E-state index contributed by atoms with van der Waals surface area (Å²) in [7, 11) is 0. The predicted octanol–water partition coefficient (Wildman–Crippen LogP) is 3.92. The van der Waals surface area contributed by atoms with Crippen molar-refractivity contribution in [2.45, 2.75) is 77.5 Å². The first-order valence-electron chi connectivity index (χ1n) is 9.96. The zero-order chi connectivity index (χ0) is 21.5. The van der Waals surface area contributed by atoms with E-state index in [1.165, 1.54) is 0 Å². The number of ether oxygens (including phenoxy) is 3. The minimum absolute atomic E-state index is 0.0155. The van der Waals surface area contributed by atoms with Gasteiger partial charge in [0.25, 0.3) is 0 Å². The molecule has 1 N–H and O–H groups in total. The van der Waals surface area contributed by atoms with Crippen LogP contribution in [0.25, 0.3) is 0 Å². The van der Waals surface area contributed by atoms with Gasteiger partial charge in [0, 0.05) is 12.3 Å². The van der Waals surface area contributed by atoms with Crippen LogP contribution in [0.2, 0.25) is 0 Å². The molecule has 0 unspecified atom stereocenters. The van der Waals surface area contributed by atoms with Gasteiger partial charge >= 0.3 is 11.9 Å². The van der Waals surface area contributed by atoms with Crippen molar-refractivity contribution >= 4 is 11.9 Å². The number of carbonyl (C=O) groups is 2. The van der Waals surface area contributed by atoms with Crippen LogP contribution in [-0.4, -0.2) is 34.5 Å². The van der Waals surface area contributed by atoms with Gasteiger partial charge in [-0.1, -0.05) is 62.4 Å². The number of carbonyl (C=O) groups excluding carboxylic acids is 1.